The third kappa shape index (κ3) is 5.89. The lowest BCUT2D eigenvalue weighted by Gasteiger charge is -2.35. The van der Waals surface area contributed by atoms with Gasteiger partial charge in [0.25, 0.3) is 0 Å². The Kier molecular flexibility index (Phi) is 8.16. The van der Waals surface area contributed by atoms with Gasteiger partial charge in [-0.3, -0.25) is 4.79 Å². The van der Waals surface area contributed by atoms with Crippen LogP contribution >= 0.6 is 0 Å². The number of nitrogens with one attached hydrogen (secondary N) is 1. The van der Waals surface area contributed by atoms with Crippen molar-refractivity contribution in [2.45, 2.75) is 63.6 Å². The molecule has 0 saturated heterocycles. The number of urea groups is 1. The Morgan fingerprint density at radius 3 is 2.34 bits per heavy atom. The fourth-order valence-corrected chi connectivity index (χ4v) is 5.24. The van der Waals surface area contributed by atoms with Crippen molar-refractivity contribution >= 4 is 11.9 Å². The third-order valence-electron chi connectivity index (χ3n) is 7.35. The molecule has 2 aromatic rings. The van der Waals surface area contributed by atoms with Gasteiger partial charge in [0, 0.05) is 32.6 Å². The Bertz CT molecular complexity index is 1020. The third-order valence-corrected chi connectivity index (χ3v) is 7.35. The molecule has 188 valence electrons. The van der Waals surface area contributed by atoms with E-state index in [1.165, 1.54) is 6.42 Å². The molecule has 1 N–H and O–H groups in total. The smallest absolute Gasteiger partial charge is 0.318 e. The van der Waals surface area contributed by atoms with E-state index in [0.29, 0.717) is 31.0 Å². The molecule has 3 amide bonds. The van der Waals surface area contributed by atoms with Gasteiger partial charge in [0.2, 0.25) is 5.91 Å². The fourth-order valence-electron chi connectivity index (χ4n) is 5.24. The van der Waals surface area contributed by atoms with Crippen molar-refractivity contribution in [3.8, 4) is 11.5 Å². The van der Waals surface area contributed by atoms with Crippen LogP contribution in [-0.2, 0) is 24.2 Å². The zero-order chi connectivity index (χ0) is 24.8. The Balaban J connectivity index is 1.49. The molecule has 2 aliphatic rings. The average Bonchev–Trinajstić information content (AvgIpc) is 2.91. The van der Waals surface area contributed by atoms with Crippen LogP contribution in [-0.4, -0.2) is 61.6 Å². The zero-order valence-electron chi connectivity index (χ0n) is 21.1. The largest absolute Gasteiger partial charge is 0.493 e. The van der Waals surface area contributed by atoms with Crippen LogP contribution in [0.3, 0.4) is 0 Å². The molecule has 1 aliphatic heterocycles. The summed E-state index contributed by atoms with van der Waals surface area (Å²) in [4.78, 5) is 30.6. The minimum Gasteiger partial charge on any atom is -0.493 e. The molecule has 2 aromatic carbocycles. The minimum atomic E-state index is -0.608. The van der Waals surface area contributed by atoms with Crippen LogP contribution in [0.15, 0.2) is 42.5 Å². The number of ether oxygens (including phenoxy) is 2. The predicted molar refractivity (Wildman–Crippen MR) is 136 cm³/mol. The highest BCUT2D eigenvalue weighted by Gasteiger charge is 2.31. The molecule has 0 radical (unpaired) electrons. The number of nitrogens with zero attached hydrogens (tertiary/aromatic N) is 2. The van der Waals surface area contributed by atoms with Crippen molar-refractivity contribution in [3.05, 3.63) is 59.2 Å². The molecule has 1 atom stereocenters. The molecule has 0 unspecified atom stereocenters. The van der Waals surface area contributed by atoms with Gasteiger partial charge in [0.15, 0.2) is 11.5 Å². The van der Waals surface area contributed by atoms with E-state index >= 15 is 0 Å². The lowest BCUT2D eigenvalue weighted by molar-refractivity contribution is -0.134. The first kappa shape index (κ1) is 24.9. The minimum absolute atomic E-state index is 0.0158. The second-order valence-corrected chi connectivity index (χ2v) is 9.58. The maximum atomic E-state index is 13.6. The molecule has 35 heavy (non-hydrogen) atoms. The molecule has 0 spiro atoms. The van der Waals surface area contributed by atoms with Crippen LogP contribution in [0.5, 0.6) is 11.5 Å². The molecule has 1 heterocycles. The zero-order valence-corrected chi connectivity index (χ0v) is 21.1. The maximum absolute atomic E-state index is 13.6. The van der Waals surface area contributed by atoms with E-state index in [4.69, 9.17) is 9.47 Å². The molecular formula is C28H37N3O4. The first-order valence-corrected chi connectivity index (χ1v) is 12.6. The molecule has 7 nitrogen and oxygen atoms in total. The summed E-state index contributed by atoms with van der Waals surface area (Å²) in [6, 6.07) is 13.3. The number of hydrogen-bond acceptors (Lipinski definition) is 4. The summed E-state index contributed by atoms with van der Waals surface area (Å²) in [5.74, 6) is 1.33. The number of likely N-dealkylation sites (N-methyl/N-ethyl adjacent to an activating group) is 1. The Labute approximate surface area is 208 Å². The summed E-state index contributed by atoms with van der Waals surface area (Å²) in [6.07, 6.45) is 6.79. The molecule has 1 aliphatic carbocycles. The van der Waals surface area contributed by atoms with Crippen LogP contribution in [0.2, 0.25) is 0 Å². The van der Waals surface area contributed by atoms with Crippen molar-refractivity contribution in [3.63, 3.8) is 0 Å². The van der Waals surface area contributed by atoms with Gasteiger partial charge in [-0.1, -0.05) is 49.6 Å². The summed E-state index contributed by atoms with van der Waals surface area (Å²) in [5, 5.41) is 3.08. The van der Waals surface area contributed by atoms with E-state index in [1.807, 2.05) is 54.4 Å². The lowest BCUT2D eigenvalue weighted by atomic mass is 9.93. The number of carbonyl (C=O) groups is 2. The topological polar surface area (TPSA) is 71.1 Å². The molecule has 0 aromatic heterocycles. The van der Waals surface area contributed by atoms with Crippen molar-refractivity contribution in [2.75, 3.05) is 27.8 Å². The van der Waals surface area contributed by atoms with E-state index in [0.717, 1.165) is 48.8 Å². The second kappa shape index (κ2) is 11.5. The SMILES string of the molecule is COc1cc2c(cc1OC)CN(C(=O)N[C@H](Cc1ccccc1)C(=O)N(C)C1CCCCC1)CC2. The monoisotopic (exact) mass is 479 g/mol. The number of methoxy groups -OCH3 is 2. The Morgan fingerprint density at radius 1 is 1.03 bits per heavy atom. The molecule has 1 fully saturated rings. The van der Waals surface area contributed by atoms with Gasteiger partial charge in [-0.15, -0.1) is 0 Å². The summed E-state index contributed by atoms with van der Waals surface area (Å²) in [5.41, 5.74) is 3.22. The number of rotatable bonds is 7. The Hall–Kier alpha value is -3.22. The van der Waals surface area contributed by atoms with Gasteiger partial charge in [0.1, 0.15) is 6.04 Å². The van der Waals surface area contributed by atoms with Gasteiger partial charge in [0.05, 0.1) is 14.2 Å². The van der Waals surface area contributed by atoms with Crippen LogP contribution < -0.4 is 14.8 Å². The summed E-state index contributed by atoms with van der Waals surface area (Å²) in [6.45, 7) is 1.05. The number of fused-ring (bicyclic) bond motifs is 1. The lowest BCUT2D eigenvalue weighted by Crippen LogP contribution is -2.55. The quantitative estimate of drug-likeness (QED) is 0.647. The first-order chi connectivity index (χ1) is 17.0. The second-order valence-electron chi connectivity index (χ2n) is 9.58. The van der Waals surface area contributed by atoms with Gasteiger partial charge < -0.3 is 24.6 Å². The first-order valence-electron chi connectivity index (χ1n) is 12.6. The van der Waals surface area contributed by atoms with Crippen LogP contribution in [0.25, 0.3) is 0 Å². The predicted octanol–water partition coefficient (Wildman–Crippen LogP) is 4.17. The molecule has 1 saturated carbocycles. The van der Waals surface area contributed by atoms with E-state index in [2.05, 4.69) is 5.32 Å². The van der Waals surface area contributed by atoms with Crippen molar-refractivity contribution in [2.24, 2.45) is 0 Å². The standard InChI is InChI=1S/C28H37N3O4/c1-30(23-12-8-5-9-13-23)27(32)24(16-20-10-6-4-7-11-20)29-28(33)31-15-14-21-17-25(34-2)26(35-3)18-22(21)19-31/h4,6-7,10-11,17-18,23-24H,5,8-9,12-16,19H2,1-3H3,(H,29,33)/t24-/m1/s1. The van der Waals surface area contributed by atoms with Crippen molar-refractivity contribution < 1.29 is 19.1 Å². The highest BCUT2D eigenvalue weighted by Crippen LogP contribution is 2.33. The van der Waals surface area contributed by atoms with Crippen LogP contribution in [0.1, 0.15) is 48.8 Å². The normalized spacial score (nSPS) is 16.7. The number of hydrogen-bond donors (Lipinski definition) is 1. The van der Waals surface area contributed by atoms with Gasteiger partial charge in [-0.25, -0.2) is 4.79 Å². The number of amides is 3. The van der Waals surface area contributed by atoms with Crippen molar-refractivity contribution in [1.82, 2.24) is 15.1 Å². The van der Waals surface area contributed by atoms with E-state index < -0.39 is 6.04 Å². The number of benzene rings is 2. The summed E-state index contributed by atoms with van der Waals surface area (Å²) >= 11 is 0. The summed E-state index contributed by atoms with van der Waals surface area (Å²) in [7, 11) is 5.13. The maximum Gasteiger partial charge on any atom is 0.318 e. The molecular weight excluding hydrogens is 442 g/mol. The van der Waals surface area contributed by atoms with Gasteiger partial charge >= 0.3 is 6.03 Å². The van der Waals surface area contributed by atoms with Crippen LogP contribution in [0.4, 0.5) is 4.79 Å². The average molecular weight is 480 g/mol. The highest BCUT2D eigenvalue weighted by atomic mass is 16.5. The van der Waals surface area contributed by atoms with Crippen LogP contribution in [0, 0.1) is 0 Å². The van der Waals surface area contributed by atoms with Crippen molar-refractivity contribution in [1.29, 1.82) is 0 Å². The molecule has 7 heteroatoms. The Morgan fingerprint density at radius 2 is 1.69 bits per heavy atom. The highest BCUT2D eigenvalue weighted by molar-refractivity contribution is 5.87. The number of carbonyl (C=O) groups excluding carboxylic acids is 2. The molecule has 4 rings (SSSR count). The van der Waals surface area contributed by atoms with E-state index in [9.17, 15) is 9.59 Å². The van der Waals surface area contributed by atoms with Gasteiger partial charge in [-0.05, 0) is 48.1 Å². The summed E-state index contributed by atoms with van der Waals surface area (Å²) < 4.78 is 10.9. The van der Waals surface area contributed by atoms with Gasteiger partial charge in [-0.2, -0.15) is 0 Å². The van der Waals surface area contributed by atoms with E-state index in [-0.39, 0.29) is 18.0 Å². The fraction of sp³-hybridized carbons (Fsp3) is 0.500. The molecule has 0 bridgehead atoms. The van der Waals surface area contributed by atoms with E-state index in [1.54, 1.807) is 19.1 Å².